The normalized spacial score (nSPS) is 13.4. The third-order valence-corrected chi connectivity index (χ3v) is 5.56. The first-order valence-corrected chi connectivity index (χ1v) is 9.74. The van der Waals surface area contributed by atoms with Gasteiger partial charge < -0.3 is 10.2 Å². The van der Waals surface area contributed by atoms with Crippen LogP contribution >= 0.6 is 11.3 Å². The van der Waals surface area contributed by atoms with Crippen molar-refractivity contribution in [1.29, 1.82) is 0 Å². The molecule has 2 heterocycles. The number of benzene rings is 1. The van der Waals surface area contributed by atoms with Crippen LogP contribution in [-0.2, 0) is 29.0 Å². The van der Waals surface area contributed by atoms with Crippen LogP contribution in [-0.4, -0.2) is 29.8 Å². The molecule has 1 aliphatic heterocycles. The minimum Gasteiger partial charge on any atom is -0.356 e. The molecule has 1 aliphatic rings. The molecule has 0 aliphatic carbocycles. The zero-order valence-corrected chi connectivity index (χ0v) is 15.2. The highest BCUT2D eigenvalue weighted by Crippen LogP contribution is 2.24. The smallest absolute Gasteiger partial charge is 0.223 e. The number of carbonyl (C=O) groups excluding carboxylic acids is 2. The molecule has 3 rings (SSSR count). The van der Waals surface area contributed by atoms with Crippen LogP contribution < -0.4 is 5.32 Å². The number of aryl methyl sites for hydroxylation is 1. The molecule has 1 aromatic heterocycles. The van der Waals surface area contributed by atoms with Crippen LogP contribution in [0, 0.1) is 0 Å². The molecule has 0 saturated heterocycles. The summed E-state index contributed by atoms with van der Waals surface area (Å²) in [6, 6.07) is 12.3. The summed E-state index contributed by atoms with van der Waals surface area (Å²) < 4.78 is 0. The predicted molar refractivity (Wildman–Crippen MR) is 100 cm³/mol. The van der Waals surface area contributed by atoms with Crippen molar-refractivity contribution in [3.05, 3.63) is 57.8 Å². The highest BCUT2D eigenvalue weighted by Gasteiger charge is 2.21. The minimum absolute atomic E-state index is 0.0327. The number of nitrogens with one attached hydrogen (secondary N) is 1. The van der Waals surface area contributed by atoms with E-state index in [0.29, 0.717) is 19.5 Å². The van der Waals surface area contributed by atoms with Crippen LogP contribution in [0.25, 0.3) is 0 Å². The fourth-order valence-electron chi connectivity index (χ4n) is 3.09. The van der Waals surface area contributed by atoms with Crippen molar-refractivity contribution in [2.45, 2.75) is 38.6 Å². The Hall–Kier alpha value is -2.14. The molecule has 2 amide bonds. The van der Waals surface area contributed by atoms with Gasteiger partial charge in [0.2, 0.25) is 11.8 Å². The molecule has 2 aromatic rings. The Balaban J connectivity index is 1.31. The number of thiophene rings is 1. The van der Waals surface area contributed by atoms with E-state index in [0.717, 1.165) is 25.8 Å². The fourth-order valence-corrected chi connectivity index (χ4v) is 3.98. The zero-order chi connectivity index (χ0) is 17.5. The summed E-state index contributed by atoms with van der Waals surface area (Å²) in [5.74, 6) is 0.0472. The Kier molecular flexibility index (Phi) is 6.23. The summed E-state index contributed by atoms with van der Waals surface area (Å²) in [5, 5.41) is 5.00. The lowest BCUT2D eigenvalue weighted by atomic mass is 10.1. The van der Waals surface area contributed by atoms with Crippen molar-refractivity contribution >= 4 is 23.2 Å². The molecule has 0 radical (unpaired) electrons. The van der Waals surface area contributed by atoms with Gasteiger partial charge in [0.25, 0.3) is 0 Å². The van der Waals surface area contributed by atoms with Gasteiger partial charge in [0.1, 0.15) is 0 Å². The van der Waals surface area contributed by atoms with Crippen LogP contribution in [0.2, 0.25) is 0 Å². The molecular formula is C20H24N2O2S. The molecule has 0 spiro atoms. The van der Waals surface area contributed by atoms with Gasteiger partial charge in [0, 0.05) is 37.4 Å². The first-order chi connectivity index (χ1) is 12.2. The van der Waals surface area contributed by atoms with E-state index in [1.54, 1.807) is 11.3 Å². The van der Waals surface area contributed by atoms with Gasteiger partial charge in [0.05, 0.1) is 0 Å². The Labute approximate surface area is 152 Å². The van der Waals surface area contributed by atoms with Crippen molar-refractivity contribution < 1.29 is 9.59 Å². The Morgan fingerprint density at radius 3 is 2.80 bits per heavy atom. The summed E-state index contributed by atoms with van der Waals surface area (Å²) in [6.07, 6.45) is 3.37. The van der Waals surface area contributed by atoms with Crippen molar-refractivity contribution in [3.8, 4) is 0 Å². The second kappa shape index (κ2) is 8.81. The van der Waals surface area contributed by atoms with Crippen LogP contribution in [0.3, 0.4) is 0 Å². The summed E-state index contributed by atoms with van der Waals surface area (Å²) >= 11 is 1.76. The molecule has 0 bridgehead atoms. The maximum atomic E-state index is 12.3. The average molecular weight is 356 g/mol. The average Bonchev–Trinajstić information content (AvgIpc) is 3.12. The lowest BCUT2D eigenvalue weighted by Crippen LogP contribution is -2.36. The lowest BCUT2D eigenvalue weighted by Gasteiger charge is -2.27. The zero-order valence-electron chi connectivity index (χ0n) is 14.4. The molecule has 0 fully saturated rings. The number of nitrogens with zero attached hydrogens (tertiary/aromatic N) is 1. The van der Waals surface area contributed by atoms with Gasteiger partial charge in [-0.2, -0.15) is 0 Å². The standard InChI is InChI=1S/C20H24N2O2S/c23-19(21-12-4-7-16-5-2-1-3-6-16)8-9-20(24)22-13-10-18-17(15-22)11-14-25-18/h1-3,5-6,11,14H,4,7-10,12-13,15H2,(H,21,23). The van der Waals surface area contributed by atoms with E-state index >= 15 is 0 Å². The van der Waals surface area contributed by atoms with Crippen LogP contribution in [0.1, 0.15) is 35.3 Å². The SMILES string of the molecule is O=C(CCC(=O)N1CCc2sccc2C1)NCCCc1ccccc1. The second-order valence-electron chi connectivity index (χ2n) is 6.37. The monoisotopic (exact) mass is 356 g/mol. The maximum absolute atomic E-state index is 12.3. The molecule has 0 atom stereocenters. The van der Waals surface area contributed by atoms with Gasteiger partial charge in [-0.1, -0.05) is 30.3 Å². The van der Waals surface area contributed by atoms with E-state index in [4.69, 9.17) is 0 Å². The highest BCUT2D eigenvalue weighted by molar-refractivity contribution is 7.10. The molecule has 0 unspecified atom stereocenters. The summed E-state index contributed by atoms with van der Waals surface area (Å²) in [4.78, 5) is 27.5. The molecule has 0 saturated carbocycles. The van der Waals surface area contributed by atoms with Gasteiger partial charge >= 0.3 is 0 Å². The van der Waals surface area contributed by atoms with E-state index in [1.165, 1.54) is 16.0 Å². The van der Waals surface area contributed by atoms with Gasteiger partial charge in [-0.3, -0.25) is 9.59 Å². The Morgan fingerprint density at radius 1 is 1.12 bits per heavy atom. The van der Waals surface area contributed by atoms with Crippen LogP contribution in [0.4, 0.5) is 0 Å². The molecule has 4 nitrogen and oxygen atoms in total. The van der Waals surface area contributed by atoms with Crippen LogP contribution in [0.15, 0.2) is 41.8 Å². The van der Waals surface area contributed by atoms with Gasteiger partial charge in [0.15, 0.2) is 0 Å². The number of hydrogen-bond donors (Lipinski definition) is 1. The van der Waals surface area contributed by atoms with E-state index in [2.05, 4.69) is 28.9 Å². The predicted octanol–water partition coefficient (Wildman–Crippen LogP) is 3.16. The minimum atomic E-state index is -0.0327. The van der Waals surface area contributed by atoms with E-state index in [1.807, 2.05) is 23.1 Å². The lowest BCUT2D eigenvalue weighted by molar-refractivity contribution is -0.134. The van der Waals surface area contributed by atoms with Crippen molar-refractivity contribution in [2.75, 3.05) is 13.1 Å². The molecule has 132 valence electrons. The first kappa shape index (κ1) is 17.7. The maximum Gasteiger partial charge on any atom is 0.223 e. The summed E-state index contributed by atoms with van der Waals surface area (Å²) in [6.45, 7) is 2.12. The molecule has 1 N–H and O–H groups in total. The largest absolute Gasteiger partial charge is 0.356 e. The quantitative estimate of drug-likeness (QED) is 0.775. The van der Waals surface area contributed by atoms with E-state index in [-0.39, 0.29) is 18.2 Å². The van der Waals surface area contributed by atoms with E-state index < -0.39 is 0 Å². The number of rotatable bonds is 7. The van der Waals surface area contributed by atoms with Crippen molar-refractivity contribution in [1.82, 2.24) is 10.2 Å². The molecular weight excluding hydrogens is 332 g/mol. The van der Waals surface area contributed by atoms with Gasteiger partial charge in [-0.05, 0) is 41.8 Å². The van der Waals surface area contributed by atoms with Gasteiger partial charge in [-0.15, -0.1) is 11.3 Å². The number of carbonyl (C=O) groups is 2. The topological polar surface area (TPSA) is 49.4 Å². The van der Waals surface area contributed by atoms with Crippen LogP contribution in [0.5, 0.6) is 0 Å². The fraction of sp³-hybridized carbons (Fsp3) is 0.400. The molecule has 25 heavy (non-hydrogen) atoms. The van der Waals surface area contributed by atoms with E-state index in [9.17, 15) is 9.59 Å². The summed E-state index contributed by atoms with van der Waals surface area (Å²) in [7, 11) is 0. The third-order valence-electron chi connectivity index (χ3n) is 4.53. The highest BCUT2D eigenvalue weighted by atomic mass is 32.1. The van der Waals surface area contributed by atoms with Crippen molar-refractivity contribution in [2.24, 2.45) is 0 Å². The number of amides is 2. The van der Waals surface area contributed by atoms with Gasteiger partial charge in [-0.25, -0.2) is 0 Å². The number of fused-ring (bicyclic) bond motifs is 1. The van der Waals surface area contributed by atoms with Crippen molar-refractivity contribution in [3.63, 3.8) is 0 Å². The third kappa shape index (κ3) is 5.16. The first-order valence-electron chi connectivity index (χ1n) is 8.86. The molecule has 1 aromatic carbocycles. The number of hydrogen-bond acceptors (Lipinski definition) is 3. The molecule has 5 heteroatoms. The Morgan fingerprint density at radius 2 is 1.96 bits per heavy atom. The summed E-state index contributed by atoms with van der Waals surface area (Å²) in [5.41, 5.74) is 2.54. The second-order valence-corrected chi connectivity index (χ2v) is 7.37. The Bertz CT molecular complexity index is 711.